The van der Waals surface area contributed by atoms with E-state index in [0.717, 1.165) is 29.9 Å². The molecule has 7 nitrogen and oxygen atoms in total. The van der Waals surface area contributed by atoms with Crippen molar-refractivity contribution in [2.45, 2.75) is 13.0 Å². The molecule has 2 N–H and O–H groups in total. The van der Waals surface area contributed by atoms with Crippen molar-refractivity contribution in [3.63, 3.8) is 0 Å². The van der Waals surface area contributed by atoms with Crippen LogP contribution < -0.4 is 10.6 Å². The van der Waals surface area contributed by atoms with Gasteiger partial charge in [-0.2, -0.15) is 9.90 Å². The molecule has 4 rings (SSSR count). The number of nitrogens with one attached hydrogen (secondary N) is 2. The average Bonchev–Trinajstić information content (AvgIpc) is 3.20. The number of carbonyl (C=O) groups excluding carboxylic acids is 1. The molecule has 0 saturated carbocycles. The number of halogens is 1. The van der Waals surface area contributed by atoms with Crippen molar-refractivity contribution in [2.75, 3.05) is 25.0 Å². The molecule has 3 aromatic rings. The molecule has 1 atom stereocenters. The van der Waals surface area contributed by atoms with Crippen LogP contribution in [0.3, 0.4) is 0 Å². The molecule has 2 aromatic carbocycles. The van der Waals surface area contributed by atoms with Crippen molar-refractivity contribution in [1.82, 2.24) is 20.3 Å². The van der Waals surface area contributed by atoms with E-state index < -0.39 is 0 Å². The minimum Gasteiger partial charge on any atom is -0.371 e. The molecule has 0 radical (unpaired) electrons. The third-order valence-electron chi connectivity index (χ3n) is 4.43. The first-order valence-corrected chi connectivity index (χ1v) is 8.92. The molecule has 2 heterocycles. The maximum absolute atomic E-state index is 12.5. The van der Waals surface area contributed by atoms with E-state index in [9.17, 15) is 4.79 Å². The fourth-order valence-electron chi connectivity index (χ4n) is 3.00. The SMILES string of the molecule is Cc1cccc(-n2ncc(C(=O)Nc3ccc([C@H]4CNCCO4)cc3)n2)c1.Cl. The Balaban J connectivity index is 0.00000225. The zero-order valence-corrected chi connectivity index (χ0v) is 16.3. The molecule has 0 bridgehead atoms. The first-order valence-electron chi connectivity index (χ1n) is 8.92. The van der Waals surface area contributed by atoms with E-state index in [0.29, 0.717) is 12.3 Å². The highest BCUT2D eigenvalue weighted by molar-refractivity contribution is 6.02. The van der Waals surface area contributed by atoms with E-state index in [4.69, 9.17) is 4.74 Å². The molecule has 1 saturated heterocycles. The topological polar surface area (TPSA) is 81.1 Å². The highest BCUT2D eigenvalue weighted by Crippen LogP contribution is 2.21. The monoisotopic (exact) mass is 399 g/mol. The van der Waals surface area contributed by atoms with Crippen molar-refractivity contribution >= 4 is 24.0 Å². The predicted molar refractivity (Wildman–Crippen MR) is 109 cm³/mol. The number of hydrogen-bond acceptors (Lipinski definition) is 5. The van der Waals surface area contributed by atoms with Gasteiger partial charge in [0.1, 0.15) is 0 Å². The largest absolute Gasteiger partial charge is 0.371 e. The molecule has 1 aromatic heterocycles. The minimum atomic E-state index is -0.294. The van der Waals surface area contributed by atoms with Crippen LogP contribution in [-0.4, -0.2) is 40.6 Å². The Morgan fingerprint density at radius 1 is 1.25 bits per heavy atom. The lowest BCUT2D eigenvalue weighted by molar-refractivity contribution is 0.0277. The van der Waals surface area contributed by atoms with Gasteiger partial charge < -0.3 is 15.4 Å². The second kappa shape index (κ2) is 8.97. The molecule has 28 heavy (non-hydrogen) atoms. The van der Waals surface area contributed by atoms with E-state index in [2.05, 4.69) is 20.8 Å². The summed E-state index contributed by atoms with van der Waals surface area (Å²) in [7, 11) is 0. The number of amides is 1. The summed E-state index contributed by atoms with van der Waals surface area (Å²) < 4.78 is 5.74. The molecule has 8 heteroatoms. The summed E-state index contributed by atoms with van der Waals surface area (Å²) >= 11 is 0. The fourth-order valence-corrected chi connectivity index (χ4v) is 3.00. The number of nitrogens with zero attached hydrogens (tertiary/aromatic N) is 3. The Morgan fingerprint density at radius 3 is 2.79 bits per heavy atom. The van der Waals surface area contributed by atoms with Gasteiger partial charge in [0.15, 0.2) is 5.69 Å². The Morgan fingerprint density at radius 2 is 2.07 bits per heavy atom. The maximum atomic E-state index is 12.5. The molecular weight excluding hydrogens is 378 g/mol. The van der Waals surface area contributed by atoms with Crippen molar-refractivity contribution < 1.29 is 9.53 Å². The van der Waals surface area contributed by atoms with Gasteiger partial charge in [-0.05, 0) is 42.3 Å². The summed E-state index contributed by atoms with van der Waals surface area (Å²) in [4.78, 5) is 13.9. The number of anilines is 1. The summed E-state index contributed by atoms with van der Waals surface area (Å²) in [5, 5.41) is 14.6. The second-order valence-electron chi connectivity index (χ2n) is 6.50. The van der Waals surface area contributed by atoms with E-state index in [-0.39, 0.29) is 30.1 Å². The molecule has 1 amide bonds. The summed E-state index contributed by atoms with van der Waals surface area (Å²) in [6.45, 7) is 4.39. The highest BCUT2D eigenvalue weighted by Gasteiger charge is 2.16. The predicted octanol–water partition coefficient (Wildman–Crippen LogP) is 2.91. The van der Waals surface area contributed by atoms with Crippen molar-refractivity contribution in [3.8, 4) is 5.69 Å². The standard InChI is InChI=1S/C20H21N5O2.ClH/c1-14-3-2-4-17(11-14)25-22-12-18(24-25)20(26)23-16-7-5-15(6-8-16)19-13-21-9-10-27-19;/h2-8,11-12,19,21H,9-10,13H2,1H3,(H,23,26);1H/t19-;/m1./s1. The number of rotatable bonds is 4. The molecule has 1 aliphatic heterocycles. The van der Waals surface area contributed by atoms with E-state index in [1.807, 2.05) is 55.5 Å². The Bertz CT molecular complexity index is 936. The Hall–Kier alpha value is -2.74. The number of aryl methyl sites for hydroxylation is 1. The molecule has 1 fully saturated rings. The zero-order chi connectivity index (χ0) is 18.6. The zero-order valence-electron chi connectivity index (χ0n) is 15.5. The molecule has 146 valence electrons. The average molecular weight is 400 g/mol. The molecular formula is C20H22ClN5O2. The van der Waals surface area contributed by atoms with E-state index in [1.165, 1.54) is 11.0 Å². The Kier molecular flexibility index (Phi) is 6.41. The van der Waals surface area contributed by atoms with Crippen LogP contribution in [0, 0.1) is 6.92 Å². The lowest BCUT2D eigenvalue weighted by atomic mass is 10.1. The van der Waals surface area contributed by atoms with Crippen LogP contribution in [0.1, 0.15) is 27.7 Å². The Labute approximate surface area is 169 Å². The third-order valence-corrected chi connectivity index (χ3v) is 4.43. The van der Waals surface area contributed by atoms with Gasteiger partial charge >= 0.3 is 0 Å². The van der Waals surface area contributed by atoms with Gasteiger partial charge in [0, 0.05) is 18.8 Å². The van der Waals surface area contributed by atoms with Crippen molar-refractivity contribution in [3.05, 3.63) is 71.5 Å². The molecule has 1 aliphatic rings. The molecule has 0 unspecified atom stereocenters. The summed E-state index contributed by atoms with van der Waals surface area (Å²) in [5.41, 5.74) is 3.98. The summed E-state index contributed by atoms with van der Waals surface area (Å²) in [5.74, 6) is -0.294. The fraction of sp³-hybridized carbons (Fsp3) is 0.250. The first kappa shape index (κ1) is 20.0. The van der Waals surface area contributed by atoms with Gasteiger partial charge in [-0.3, -0.25) is 4.79 Å². The normalized spacial score (nSPS) is 16.2. The molecule has 0 aliphatic carbocycles. The van der Waals surface area contributed by atoms with Gasteiger partial charge in [0.25, 0.3) is 5.91 Å². The van der Waals surface area contributed by atoms with E-state index >= 15 is 0 Å². The van der Waals surface area contributed by atoms with Gasteiger partial charge in [0.2, 0.25) is 0 Å². The van der Waals surface area contributed by atoms with Crippen molar-refractivity contribution in [1.29, 1.82) is 0 Å². The smallest absolute Gasteiger partial charge is 0.277 e. The lowest BCUT2D eigenvalue weighted by Gasteiger charge is -2.24. The van der Waals surface area contributed by atoms with Crippen LogP contribution in [0.15, 0.2) is 54.7 Å². The number of ether oxygens (including phenoxy) is 1. The van der Waals surface area contributed by atoms with Gasteiger partial charge in [0.05, 0.1) is 24.6 Å². The first-order chi connectivity index (χ1) is 13.2. The number of morpholine rings is 1. The van der Waals surface area contributed by atoms with Crippen molar-refractivity contribution in [2.24, 2.45) is 0 Å². The number of benzene rings is 2. The van der Waals surface area contributed by atoms with Crippen LogP contribution in [-0.2, 0) is 4.74 Å². The number of aromatic nitrogens is 3. The summed E-state index contributed by atoms with van der Waals surface area (Å²) in [6.07, 6.45) is 1.52. The van der Waals surface area contributed by atoms with Crippen LogP contribution in [0.25, 0.3) is 5.69 Å². The molecule has 0 spiro atoms. The number of hydrogen-bond donors (Lipinski definition) is 2. The van der Waals surface area contributed by atoms with Crippen LogP contribution in [0.4, 0.5) is 5.69 Å². The highest BCUT2D eigenvalue weighted by atomic mass is 35.5. The van der Waals surface area contributed by atoms with Crippen LogP contribution >= 0.6 is 12.4 Å². The van der Waals surface area contributed by atoms with Gasteiger partial charge in [-0.25, -0.2) is 0 Å². The second-order valence-corrected chi connectivity index (χ2v) is 6.50. The third kappa shape index (κ3) is 4.56. The van der Waals surface area contributed by atoms with Crippen LogP contribution in [0.5, 0.6) is 0 Å². The minimum absolute atomic E-state index is 0. The quantitative estimate of drug-likeness (QED) is 0.705. The van der Waals surface area contributed by atoms with Crippen LogP contribution in [0.2, 0.25) is 0 Å². The number of carbonyl (C=O) groups is 1. The lowest BCUT2D eigenvalue weighted by Crippen LogP contribution is -2.33. The van der Waals surface area contributed by atoms with E-state index in [1.54, 1.807) is 0 Å². The maximum Gasteiger partial charge on any atom is 0.277 e. The van der Waals surface area contributed by atoms with Gasteiger partial charge in [-0.15, -0.1) is 17.5 Å². The summed E-state index contributed by atoms with van der Waals surface area (Å²) in [6, 6.07) is 15.5. The van der Waals surface area contributed by atoms with Gasteiger partial charge in [-0.1, -0.05) is 24.3 Å².